The highest BCUT2D eigenvalue weighted by Crippen LogP contribution is 2.24. The predicted molar refractivity (Wildman–Crippen MR) is 127 cm³/mol. The zero-order valence-corrected chi connectivity index (χ0v) is 19.6. The van der Waals surface area contributed by atoms with Crippen LogP contribution in [-0.2, 0) is 16.6 Å². The molecule has 0 aliphatic carbocycles. The van der Waals surface area contributed by atoms with Gasteiger partial charge in [0, 0.05) is 46.5 Å². The Bertz CT molecular complexity index is 1010. The third-order valence-corrected chi connectivity index (χ3v) is 7.51. The largest absolute Gasteiger partial charge is 0.372 e. The van der Waals surface area contributed by atoms with Crippen molar-refractivity contribution in [1.82, 2.24) is 14.9 Å². The first-order chi connectivity index (χ1) is 14.8. The van der Waals surface area contributed by atoms with E-state index < -0.39 is 10.0 Å². The van der Waals surface area contributed by atoms with E-state index in [4.69, 9.17) is 0 Å². The molecule has 1 heterocycles. The van der Waals surface area contributed by atoms with Crippen LogP contribution in [0.25, 0.3) is 0 Å². The second-order valence-electron chi connectivity index (χ2n) is 7.98. The molecule has 0 radical (unpaired) electrons. The van der Waals surface area contributed by atoms with Crippen LogP contribution in [0.5, 0.6) is 0 Å². The number of hydrogen-bond acceptors (Lipinski definition) is 4. The normalized spacial score (nSPS) is 15.9. The molecule has 0 aromatic heterocycles. The molecule has 0 spiro atoms. The molecule has 31 heavy (non-hydrogen) atoms. The summed E-state index contributed by atoms with van der Waals surface area (Å²) in [6.07, 6.45) is 2.50. The number of aliphatic imine (C=N–C) groups is 1. The lowest BCUT2D eigenvalue weighted by Gasteiger charge is -2.22. The van der Waals surface area contributed by atoms with Gasteiger partial charge in [0.25, 0.3) is 0 Å². The van der Waals surface area contributed by atoms with Crippen molar-refractivity contribution in [3.63, 3.8) is 0 Å². The average Bonchev–Trinajstić information content (AvgIpc) is 3.31. The van der Waals surface area contributed by atoms with Crippen LogP contribution in [0.1, 0.15) is 36.9 Å². The van der Waals surface area contributed by atoms with Gasteiger partial charge in [-0.15, -0.1) is 0 Å². The van der Waals surface area contributed by atoms with Crippen LogP contribution in [0, 0.1) is 0 Å². The summed E-state index contributed by atoms with van der Waals surface area (Å²) in [5, 5.41) is 6.67. The standard InChI is InChI=1S/C23H33N5O2S/c1-18(19-11-9-12-21(16-19)28-14-7-8-15-28)26-23(24-2)25-17-20-10-5-6-13-22(20)31(29,30)27(3)4/h5-6,9-13,16,18H,7-8,14-15,17H2,1-4H3,(H2,24,25,26). The molecule has 0 bridgehead atoms. The molecule has 1 unspecified atom stereocenters. The van der Waals surface area contributed by atoms with Crippen LogP contribution in [0.3, 0.4) is 0 Å². The zero-order valence-electron chi connectivity index (χ0n) is 18.8. The van der Waals surface area contributed by atoms with Crippen molar-refractivity contribution in [2.75, 3.05) is 39.1 Å². The van der Waals surface area contributed by atoms with Crippen molar-refractivity contribution in [2.45, 2.75) is 37.2 Å². The summed E-state index contributed by atoms with van der Waals surface area (Å²) in [5.74, 6) is 0.621. The summed E-state index contributed by atoms with van der Waals surface area (Å²) in [6, 6.07) is 15.7. The van der Waals surface area contributed by atoms with Crippen LogP contribution >= 0.6 is 0 Å². The Morgan fingerprint density at radius 3 is 2.52 bits per heavy atom. The van der Waals surface area contributed by atoms with E-state index in [2.05, 4.69) is 51.7 Å². The minimum atomic E-state index is -3.51. The van der Waals surface area contributed by atoms with Gasteiger partial charge in [-0.25, -0.2) is 12.7 Å². The maximum Gasteiger partial charge on any atom is 0.242 e. The summed E-state index contributed by atoms with van der Waals surface area (Å²) < 4.78 is 26.5. The predicted octanol–water partition coefficient (Wildman–Crippen LogP) is 2.96. The van der Waals surface area contributed by atoms with Gasteiger partial charge in [0.05, 0.1) is 10.9 Å². The minimum Gasteiger partial charge on any atom is -0.372 e. The molecule has 8 heteroatoms. The lowest BCUT2D eigenvalue weighted by atomic mass is 10.1. The van der Waals surface area contributed by atoms with Gasteiger partial charge < -0.3 is 15.5 Å². The lowest BCUT2D eigenvalue weighted by Crippen LogP contribution is -2.38. The molecular formula is C23H33N5O2S. The van der Waals surface area contributed by atoms with E-state index in [1.807, 2.05) is 12.1 Å². The van der Waals surface area contributed by atoms with Crippen molar-refractivity contribution < 1.29 is 8.42 Å². The monoisotopic (exact) mass is 443 g/mol. The highest BCUT2D eigenvalue weighted by Gasteiger charge is 2.21. The molecule has 1 atom stereocenters. The molecule has 1 aliphatic heterocycles. The summed E-state index contributed by atoms with van der Waals surface area (Å²) in [7, 11) is 1.28. The molecule has 1 aliphatic rings. The molecule has 2 aromatic rings. The van der Waals surface area contributed by atoms with Crippen molar-refractivity contribution >= 4 is 21.7 Å². The van der Waals surface area contributed by atoms with E-state index in [0.29, 0.717) is 23.0 Å². The first kappa shape index (κ1) is 23.1. The van der Waals surface area contributed by atoms with Gasteiger partial charge in [-0.2, -0.15) is 0 Å². The topological polar surface area (TPSA) is 77.0 Å². The SMILES string of the molecule is CN=C(NCc1ccccc1S(=O)(=O)N(C)C)NC(C)c1cccc(N2CCCC2)c1. The Balaban J connectivity index is 1.68. The lowest BCUT2D eigenvalue weighted by molar-refractivity contribution is 0.519. The van der Waals surface area contributed by atoms with Crippen LogP contribution in [0.4, 0.5) is 5.69 Å². The molecule has 1 fully saturated rings. The number of nitrogens with zero attached hydrogens (tertiary/aromatic N) is 3. The molecule has 1 saturated heterocycles. The first-order valence-electron chi connectivity index (χ1n) is 10.7. The van der Waals surface area contributed by atoms with E-state index in [-0.39, 0.29) is 6.04 Å². The second kappa shape index (κ2) is 10.2. The number of hydrogen-bond donors (Lipinski definition) is 2. The van der Waals surface area contributed by atoms with Crippen molar-refractivity contribution in [3.8, 4) is 0 Å². The summed E-state index contributed by atoms with van der Waals surface area (Å²) in [6.45, 7) is 4.68. The fourth-order valence-corrected chi connectivity index (χ4v) is 4.84. The minimum absolute atomic E-state index is 0.0505. The molecule has 3 rings (SSSR count). The summed E-state index contributed by atoms with van der Waals surface area (Å²) >= 11 is 0. The Labute approximate surface area is 186 Å². The Kier molecular flexibility index (Phi) is 7.56. The van der Waals surface area contributed by atoms with Crippen LogP contribution in [-0.4, -0.2) is 52.9 Å². The van der Waals surface area contributed by atoms with Gasteiger partial charge in [0.2, 0.25) is 10.0 Å². The highest BCUT2D eigenvalue weighted by atomic mass is 32.2. The first-order valence-corrected chi connectivity index (χ1v) is 12.1. The average molecular weight is 444 g/mol. The maximum absolute atomic E-state index is 12.6. The number of guanidine groups is 1. The smallest absolute Gasteiger partial charge is 0.242 e. The fourth-order valence-electron chi connectivity index (χ4n) is 3.73. The highest BCUT2D eigenvalue weighted by molar-refractivity contribution is 7.89. The molecule has 2 aromatic carbocycles. The molecule has 168 valence electrons. The van der Waals surface area contributed by atoms with Gasteiger partial charge in [-0.1, -0.05) is 30.3 Å². The Morgan fingerprint density at radius 1 is 1.13 bits per heavy atom. The number of nitrogens with one attached hydrogen (secondary N) is 2. The number of sulfonamides is 1. The van der Waals surface area contributed by atoms with Gasteiger partial charge in [0.15, 0.2) is 5.96 Å². The van der Waals surface area contributed by atoms with E-state index in [1.54, 1.807) is 19.2 Å². The molecule has 2 N–H and O–H groups in total. The van der Waals surface area contributed by atoms with Crippen molar-refractivity contribution in [1.29, 1.82) is 0 Å². The van der Waals surface area contributed by atoms with Gasteiger partial charge >= 0.3 is 0 Å². The maximum atomic E-state index is 12.6. The molecule has 0 amide bonds. The second-order valence-corrected chi connectivity index (χ2v) is 10.1. The molecular weight excluding hydrogens is 410 g/mol. The fraction of sp³-hybridized carbons (Fsp3) is 0.435. The van der Waals surface area contributed by atoms with E-state index in [9.17, 15) is 8.42 Å². The molecule has 7 nitrogen and oxygen atoms in total. The van der Waals surface area contributed by atoms with Gasteiger partial charge in [-0.05, 0) is 49.1 Å². The Hall–Kier alpha value is -2.58. The van der Waals surface area contributed by atoms with E-state index in [0.717, 1.165) is 13.1 Å². The van der Waals surface area contributed by atoms with Crippen LogP contribution in [0.15, 0.2) is 58.4 Å². The van der Waals surface area contributed by atoms with E-state index in [1.165, 1.54) is 42.5 Å². The van der Waals surface area contributed by atoms with Gasteiger partial charge in [0.1, 0.15) is 0 Å². The number of anilines is 1. The Morgan fingerprint density at radius 2 is 1.84 bits per heavy atom. The van der Waals surface area contributed by atoms with Crippen LogP contribution < -0.4 is 15.5 Å². The van der Waals surface area contributed by atoms with Gasteiger partial charge in [-0.3, -0.25) is 4.99 Å². The number of rotatable bonds is 7. The zero-order chi connectivity index (χ0) is 22.4. The summed E-state index contributed by atoms with van der Waals surface area (Å²) in [5.41, 5.74) is 3.14. The summed E-state index contributed by atoms with van der Waals surface area (Å²) in [4.78, 5) is 7.04. The third-order valence-electron chi connectivity index (χ3n) is 5.60. The van der Waals surface area contributed by atoms with Crippen molar-refractivity contribution in [3.05, 3.63) is 59.7 Å². The number of benzene rings is 2. The quantitative estimate of drug-likeness (QED) is 0.508. The molecule has 0 saturated carbocycles. The van der Waals surface area contributed by atoms with Crippen molar-refractivity contribution in [2.24, 2.45) is 4.99 Å². The van der Waals surface area contributed by atoms with Crippen LogP contribution in [0.2, 0.25) is 0 Å². The third kappa shape index (κ3) is 5.57. The van der Waals surface area contributed by atoms with E-state index >= 15 is 0 Å².